The van der Waals surface area contributed by atoms with E-state index in [1.165, 1.54) is 4.90 Å². The van der Waals surface area contributed by atoms with Gasteiger partial charge in [-0.2, -0.15) is 5.26 Å². The lowest BCUT2D eigenvalue weighted by molar-refractivity contribution is -0.126. The van der Waals surface area contributed by atoms with E-state index in [2.05, 4.69) is 21.7 Å². The summed E-state index contributed by atoms with van der Waals surface area (Å²) in [6, 6.07) is 7.67. The Bertz CT molecular complexity index is 1190. The molecule has 2 aliphatic rings. The van der Waals surface area contributed by atoms with Crippen LogP contribution < -0.4 is 15.4 Å². The smallest absolute Gasteiger partial charge is 0.271 e. The summed E-state index contributed by atoms with van der Waals surface area (Å²) in [5, 5.41) is 15.9. The molecule has 4 unspecified atom stereocenters. The van der Waals surface area contributed by atoms with Crippen LogP contribution in [0.25, 0.3) is 10.9 Å². The van der Waals surface area contributed by atoms with E-state index in [9.17, 15) is 19.6 Å². The van der Waals surface area contributed by atoms with Gasteiger partial charge in [-0.3, -0.25) is 14.4 Å². The molecular weight excluding hydrogens is 462 g/mol. The van der Waals surface area contributed by atoms with Gasteiger partial charge in [0.15, 0.2) is 0 Å². The molecule has 10 nitrogen and oxygen atoms in total. The number of benzene rings is 1. The number of carbonyl (C=O) groups excluding carboxylic acids is 3. The van der Waals surface area contributed by atoms with Crippen molar-refractivity contribution in [2.24, 2.45) is 5.92 Å². The number of hydrogen-bond acceptors (Lipinski definition) is 6. The first-order valence-electron chi connectivity index (χ1n) is 12.2. The maximum Gasteiger partial charge on any atom is 0.271 e. The molecule has 2 fully saturated rings. The molecule has 0 bridgehead atoms. The van der Waals surface area contributed by atoms with Crippen molar-refractivity contribution in [3.8, 4) is 11.8 Å². The number of methoxy groups -OCH3 is 1. The van der Waals surface area contributed by atoms with Gasteiger partial charge >= 0.3 is 0 Å². The van der Waals surface area contributed by atoms with Crippen molar-refractivity contribution in [1.29, 1.82) is 5.26 Å². The number of likely N-dealkylation sites (tertiary alicyclic amines) is 1. The zero-order chi connectivity index (χ0) is 26.0. The van der Waals surface area contributed by atoms with Crippen LogP contribution in [0.5, 0.6) is 5.75 Å². The molecule has 0 spiro atoms. The number of nitrogens with zero attached hydrogens (tertiary/aromatic N) is 2. The van der Waals surface area contributed by atoms with Gasteiger partial charge in [0, 0.05) is 36.3 Å². The highest BCUT2D eigenvalue weighted by Gasteiger charge is 2.43. The van der Waals surface area contributed by atoms with Crippen molar-refractivity contribution in [3.05, 3.63) is 30.0 Å². The first-order valence-corrected chi connectivity index (χ1v) is 12.2. The Hall–Kier alpha value is -3.58. The number of rotatable bonds is 7. The lowest BCUT2D eigenvalue weighted by Crippen LogP contribution is -2.49. The van der Waals surface area contributed by atoms with Gasteiger partial charge in [-0.25, -0.2) is 0 Å². The molecular formula is C26H33N5O5. The summed E-state index contributed by atoms with van der Waals surface area (Å²) < 4.78 is 11.5. The number of aromatic amines is 1. The molecule has 0 saturated carbocycles. The van der Waals surface area contributed by atoms with Crippen LogP contribution in [0.2, 0.25) is 0 Å². The van der Waals surface area contributed by atoms with E-state index in [4.69, 9.17) is 9.47 Å². The third kappa shape index (κ3) is 5.46. The average Bonchev–Trinajstić information content (AvgIpc) is 3.55. The Morgan fingerprint density at radius 2 is 2.11 bits per heavy atom. The zero-order valence-corrected chi connectivity index (χ0v) is 21.1. The Labute approximate surface area is 210 Å². The van der Waals surface area contributed by atoms with E-state index in [-0.39, 0.29) is 36.8 Å². The summed E-state index contributed by atoms with van der Waals surface area (Å²) in [5.74, 6) is -0.538. The number of ether oxygens (including phenoxy) is 2. The van der Waals surface area contributed by atoms with E-state index >= 15 is 0 Å². The lowest BCUT2D eigenvalue weighted by atomic mass is 9.98. The molecule has 0 aliphatic carbocycles. The van der Waals surface area contributed by atoms with Crippen LogP contribution in [-0.2, 0) is 14.3 Å². The Morgan fingerprint density at radius 1 is 1.33 bits per heavy atom. The fraction of sp³-hybridized carbons (Fsp3) is 0.538. The van der Waals surface area contributed by atoms with Crippen LogP contribution in [0.4, 0.5) is 0 Å². The Balaban J connectivity index is 1.55. The van der Waals surface area contributed by atoms with Gasteiger partial charge in [0.2, 0.25) is 11.8 Å². The van der Waals surface area contributed by atoms with Gasteiger partial charge in [-0.15, -0.1) is 0 Å². The third-order valence-corrected chi connectivity index (χ3v) is 6.58. The number of nitrogens with one attached hydrogen (secondary N) is 3. The molecule has 3 N–H and O–H groups in total. The van der Waals surface area contributed by atoms with Crippen LogP contribution in [0.1, 0.15) is 50.5 Å². The van der Waals surface area contributed by atoms with E-state index in [0.717, 1.165) is 10.9 Å². The van der Waals surface area contributed by atoms with E-state index in [0.29, 0.717) is 30.8 Å². The summed E-state index contributed by atoms with van der Waals surface area (Å²) >= 11 is 0. The van der Waals surface area contributed by atoms with Crippen molar-refractivity contribution in [2.45, 2.75) is 63.8 Å². The van der Waals surface area contributed by atoms with Crippen molar-refractivity contribution in [3.63, 3.8) is 0 Å². The van der Waals surface area contributed by atoms with Gasteiger partial charge in [0.05, 0.1) is 24.9 Å². The summed E-state index contributed by atoms with van der Waals surface area (Å²) in [7, 11) is 1.57. The molecule has 3 amide bonds. The predicted octanol–water partition coefficient (Wildman–Crippen LogP) is 2.11. The molecule has 10 heteroatoms. The number of aromatic nitrogens is 1. The quantitative estimate of drug-likeness (QED) is 0.538. The standard InChI is InChI=1S/C26H33N5O5/c1-26(2,3)36-17-11-21(24(33)29-16(13-27)10-15-8-9-28-23(15)32)31(14-17)25(34)20-12-18-19(30-20)6-5-7-22(18)35-4/h5-7,12,15-17,21,30H,8-11,14H2,1-4H3,(H,28,32)(H,29,33). The number of nitriles is 1. The normalized spacial score (nSPS) is 22.8. The summed E-state index contributed by atoms with van der Waals surface area (Å²) in [6.45, 7) is 6.59. The van der Waals surface area contributed by atoms with Crippen molar-refractivity contribution in [2.75, 3.05) is 20.2 Å². The minimum atomic E-state index is -0.830. The molecule has 36 heavy (non-hydrogen) atoms. The summed E-state index contributed by atoms with van der Waals surface area (Å²) in [4.78, 5) is 43.6. The highest BCUT2D eigenvalue weighted by molar-refractivity contribution is 6.01. The SMILES string of the molecule is COc1cccc2[nH]c(C(=O)N3CC(OC(C)(C)C)CC3C(=O)NC(C#N)CC3CCNC3=O)cc12. The second-order valence-corrected chi connectivity index (χ2v) is 10.4. The predicted molar refractivity (Wildman–Crippen MR) is 132 cm³/mol. The van der Waals surface area contributed by atoms with Gasteiger partial charge in [-0.1, -0.05) is 6.07 Å². The fourth-order valence-electron chi connectivity index (χ4n) is 5.00. The van der Waals surface area contributed by atoms with Gasteiger partial charge in [-0.05, 0) is 51.8 Å². The number of hydrogen-bond donors (Lipinski definition) is 3. The number of carbonyl (C=O) groups is 3. The first kappa shape index (κ1) is 25.5. The molecule has 1 aromatic heterocycles. The maximum atomic E-state index is 13.6. The maximum absolute atomic E-state index is 13.6. The van der Waals surface area contributed by atoms with Crippen LogP contribution in [-0.4, -0.2) is 71.6 Å². The fourth-order valence-corrected chi connectivity index (χ4v) is 5.00. The van der Waals surface area contributed by atoms with E-state index in [1.54, 1.807) is 13.2 Å². The average molecular weight is 496 g/mol. The number of fused-ring (bicyclic) bond motifs is 1. The van der Waals surface area contributed by atoms with Crippen LogP contribution in [0, 0.1) is 17.2 Å². The largest absolute Gasteiger partial charge is 0.496 e. The van der Waals surface area contributed by atoms with Crippen molar-refractivity contribution < 1.29 is 23.9 Å². The van der Waals surface area contributed by atoms with E-state index < -0.39 is 23.6 Å². The monoisotopic (exact) mass is 495 g/mol. The molecule has 3 heterocycles. The third-order valence-electron chi connectivity index (χ3n) is 6.58. The van der Waals surface area contributed by atoms with Crippen molar-refractivity contribution in [1.82, 2.24) is 20.5 Å². The minimum Gasteiger partial charge on any atom is -0.496 e. The minimum absolute atomic E-state index is 0.102. The Morgan fingerprint density at radius 3 is 2.75 bits per heavy atom. The molecule has 4 rings (SSSR count). The second-order valence-electron chi connectivity index (χ2n) is 10.4. The number of H-pyrrole nitrogens is 1. The van der Waals surface area contributed by atoms with Gasteiger partial charge in [0.25, 0.3) is 5.91 Å². The first-order chi connectivity index (χ1) is 17.1. The van der Waals surface area contributed by atoms with Crippen LogP contribution in [0.3, 0.4) is 0 Å². The molecule has 0 radical (unpaired) electrons. The molecule has 1 aromatic carbocycles. The Kier molecular flexibility index (Phi) is 7.22. The van der Waals surface area contributed by atoms with Crippen molar-refractivity contribution >= 4 is 28.6 Å². The highest BCUT2D eigenvalue weighted by atomic mass is 16.5. The molecule has 2 aliphatic heterocycles. The highest BCUT2D eigenvalue weighted by Crippen LogP contribution is 2.30. The molecule has 4 atom stereocenters. The zero-order valence-electron chi connectivity index (χ0n) is 21.1. The molecule has 2 aromatic rings. The van der Waals surface area contributed by atoms with Gasteiger partial charge < -0.3 is 30.0 Å². The van der Waals surface area contributed by atoms with Gasteiger partial charge in [0.1, 0.15) is 23.5 Å². The van der Waals surface area contributed by atoms with E-state index in [1.807, 2.05) is 39.0 Å². The molecule has 192 valence electrons. The second kappa shape index (κ2) is 10.2. The topological polar surface area (TPSA) is 137 Å². The van der Waals surface area contributed by atoms with Crippen LogP contribution >= 0.6 is 0 Å². The summed E-state index contributed by atoms with van der Waals surface area (Å²) in [5.41, 5.74) is 0.632. The number of amides is 3. The summed E-state index contributed by atoms with van der Waals surface area (Å²) in [6.07, 6.45) is 0.829. The lowest BCUT2D eigenvalue weighted by Gasteiger charge is -2.25. The molecule has 2 saturated heterocycles. The van der Waals surface area contributed by atoms with Crippen LogP contribution in [0.15, 0.2) is 24.3 Å².